The van der Waals surface area contributed by atoms with Crippen molar-refractivity contribution >= 4 is 39.2 Å². The first-order chi connectivity index (χ1) is 13.8. The molecule has 154 valence electrons. The largest absolute Gasteiger partial charge is 0.507 e. The molecule has 0 bridgehead atoms. The Kier molecular flexibility index (Phi) is 6.41. The number of anilines is 1. The predicted molar refractivity (Wildman–Crippen MR) is 106 cm³/mol. The van der Waals surface area contributed by atoms with Crippen LogP contribution in [0.4, 0.5) is 5.69 Å². The Bertz CT molecular complexity index is 1030. The van der Waals surface area contributed by atoms with E-state index in [9.17, 15) is 23.1 Å². The van der Waals surface area contributed by atoms with Crippen molar-refractivity contribution in [1.29, 1.82) is 0 Å². The number of carbonyl (C=O) groups is 2. The van der Waals surface area contributed by atoms with Gasteiger partial charge in [-0.15, -0.1) is 0 Å². The van der Waals surface area contributed by atoms with Crippen LogP contribution in [-0.4, -0.2) is 49.4 Å². The van der Waals surface area contributed by atoms with Crippen LogP contribution in [0.1, 0.15) is 23.2 Å². The lowest BCUT2D eigenvalue weighted by atomic mass is 10.2. The van der Waals surface area contributed by atoms with E-state index in [1.54, 1.807) is 0 Å². The highest BCUT2D eigenvalue weighted by Crippen LogP contribution is 2.24. The summed E-state index contributed by atoms with van der Waals surface area (Å²) in [4.78, 5) is 24.2. The number of esters is 1. The van der Waals surface area contributed by atoms with E-state index in [0.717, 1.165) is 12.8 Å². The fourth-order valence-corrected chi connectivity index (χ4v) is 4.63. The van der Waals surface area contributed by atoms with E-state index >= 15 is 0 Å². The topological polar surface area (TPSA) is 113 Å². The van der Waals surface area contributed by atoms with Crippen LogP contribution in [0.15, 0.2) is 47.4 Å². The molecule has 0 saturated carbocycles. The second-order valence-electron chi connectivity index (χ2n) is 6.42. The van der Waals surface area contributed by atoms with Gasteiger partial charge in [0.05, 0.1) is 4.90 Å². The van der Waals surface area contributed by atoms with Crippen molar-refractivity contribution in [2.75, 3.05) is 25.0 Å². The maximum Gasteiger partial charge on any atom is 0.342 e. The first-order valence-electron chi connectivity index (χ1n) is 8.83. The fourth-order valence-electron chi connectivity index (χ4n) is 2.89. The van der Waals surface area contributed by atoms with Gasteiger partial charge in [0.25, 0.3) is 5.91 Å². The van der Waals surface area contributed by atoms with E-state index in [4.69, 9.17) is 16.3 Å². The van der Waals surface area contributed by atoms with Crippen molar-refractivity contribution in [1.82, 2.24) is 4.31 Å². The molecule has 1 amide bonds. The molecule has 8 nitrogen and oxygen atoms in total. The molecule has 1 aliphatic heterocycles. The van der Waals surface area contributed by atoms with Crippen LogP contribution in [-0.2, 0) is 19.6 Å². The van der Waals surface area contributed by atoms with E-state index < -0.39 is 28.5 Å². The van der Waals surface area contributed by atoms with Crippen LogP contribution >= 0.6 is 11.6 Å². The number of phenolic OH excluding ortho intramolecular Hbond substituents is 1. The Morgan fingerprint density at radius 2 is 1.86 bits per heavy atom. The molecular formula is C19H19ClN2O6S. The summed E-state index contributed by atoms with van der Waals surface area (Å²) in [6, 6.07) is 9.75. The molecule has 0 radical (unpaired) electrons. The first-order valence-corrected chi connectivity index (χ1v) is 10.6. The smallest absolute Gasteiger partial charge is 0.342 e. The minimum atomic E-state index is -3.61. The van der Waals surface area contributed by atoms with E-state index in [2.05, 4.69) is 5.32 Å². The van der Waals surface area contributed by atoms with Gasteiger partial charge in [-0.25, -0.2) is 13.2 Å². The average Bonchev–Trinajstić information content (AvgIpc) is 3.24. The van der Waals surface area contributed by atoms with Gasteiger partial charge < -0.3 is 15.2 Å². The fraction of sp³-hybridized carbons (Fsp3) is 0.263. The van der Waals surface area contributed by atoms with Gasteiger partial charge in [0.15, 0.2) is 6.61 Å². The van der Waals surface area contributed by atoms with Crippen LogP contribution in [0.3, 0.4) is 0 Å². The maximum absolute atomic E-state index is 12.6. The minimum Gasteiger partial charge on any atom is -0.507 e. The lowest BCUT2D eigenvalue weighted by Crippen LogP contribution is -2.28. The molecule has 0 aliphatic carbocycles. The maximum atomic E-state index is 12.6. The number of sulfonamides is 1. The van der Waals surface area contributed by atoms with Crippen molar-refractivity contribution in [3.8, 4) is 5.75 Å². The Hall–Kier alpha value is -2.62. The third-order valence-electron chi connectivity index (χ3n) is 4.33. The molecule has 0 spiro atoms. The predicted octanol–water partition coefficient (Wildman–Crippen LogP) is 2.63. The van der Waals surface area contributed by atoms with Crippen molar-refractivity contribution in [3.05, 3.63) is 53.1 Å². The highest BCUT2D eigenvalue weighted by atomic mass is 35.5. The lowest BCUT2D eigenvalue weighted by Gasteiger charge is -2.16. The lowest BCUT2D eigenvalue weighted by molar-refractivity contribution is -0.119. The van der Waals surface area contributed by atoms with Crippen molar-refractivity contribution in [2.24, 2.45) is 0 Å². The van der Waals surface area contributed by atoms with Gasteiger partial charge in [-0.3, -0.25) is 4.79 Å². The molecule has 10 heteroatoms. The van der Waals surface area contributed by atoms with Crippen LogP contribution in [0.2, 0.25) is 5.02 Å². The number of benzene rings is 2. The normalized spacial score (nSPS) is 14.5. The number of phenols is 1. The molecule has 2 aromatic rings. The summed E-state index contributed by atoms with van der Waals surface area (Å²) in [6.07, 6.45) is 1.65. The van der Waals surface area contributed by atoms with Gasteiger partial charge >= 0.3 is 5.97 Å². The zero-order valence-corrected chi connectivity index (χ0v) is 16.9. The average molecular weight is 439 g/mol. The number of hydrogen-bond acceptors (Lipinski definition) is 6. The molecule has 29 heavy (non-hydrogen) atoms. The summed E-state index contributed by atoms with van der Waals surface area (Å²) in [5, 5.41) is 12.4. The number of nitrogens with one attached hydrogen (secondary N) is 1. The summed E-state index contributed by atoms with van der Waals surface area (Å²) in [7, 11) is -3.61. The third-order valence-corrected chi connectivity index (χ3v) is 6.46. The van der Waals surface area contributed by atoms with Crippen LogP contribution in [0.5, 0.6) is 5.75 Å². The molecule has 0 atom stereocenters. The number of rotatable bonds is 6. The molecule has 3 rings (SSSR count). The quantitative estimate of drug-likeness (QED) is 0.670. The van der Waals surface area contributed by atoms with Gasteiger partial charge in [-0.05, 0) is 49.2 Å². The Morgan fingerprint density at radius 3 is 2.59 bits per heavy atom. The van der Waals surface area contributed by atoms with E-state index in [1.165, 1.54) is 46.8 Å². The number of nitrogens with zero attached hydrogens (tertiary/aromatic N) is 1. The molecule has 1 fully saturated rings. The number of carbonyl (C=O) groups excluding carboxylic acids is 2. The Morgan fingerprint density at radius 1 is 1.14 bits per heavy atom. The number of amides is 1. The second kappa shape index (κ2) is 8.81. The van der Waals surface area contributed by atoms with Gasteiger partial charge in [-0.1, -0.05) is 17.7 Å². The molecule has 0 aromatic heterocycles. The number of ether oxygens (including phenoxy) is 1. The van der Waals surface area contributed by atoms with Gasteiger partial charge in [0.2, 0.25) is 10.0 Å². The third kappa shape index (κ3) is 5.06. The zero-order valence-electron chi connectivity index (χ0n) is 15.3. The monoisotopic (exact) mass is 438 g/mol. The number of halogens is 1. The van der Waals surface area contributed by atoms with E-state index in [-0.39, 0.29) is 26.9 Å². The second-order valence-corrected chi connectivity index (χ2v) is 8.80. The zero-order chi connectivity index (χ0) is 21.0. The van der Waals surface area contributed by atoms with Crippen molar-refractivity contribution in [3.63, 3.8) is 0 Å². The van der Waals surface area contributed by atoms with E-state index in [1.807, 2.05) is 0 Å². The first kappa shape index (κ1) is 21.1. The molecule has 0 unspecified atom stereocenters. The van der Waals surface area contributed by atoms with Gasteiger partial charge in [-0.2, -0.15) is 4.31 Å². The molecular weight excluding hydrogens is 420 g/mol. The highest BCUT2D eigenvalue weighted by Gasteiger charge is 2.27. The molecule has 1 saturated heterocycles. The summed E-state index contributed by atoms with van der Waals surface area (Å²) >= 11 is 5.78. The molecule has 1 aliphatic rings. The Labute approximate surface area is 173 Å². The number of hydrogen-bond donors (Lipinski definition) is 2. The molecule has 1 heterocycles. The summed E-state index contributed by atoms with van der Waals surface area (Å²) in [5.74, 6) is -1.89. The molecule has 2 aromatic carbocycles. The highest BCUT2D eigenvalue weighted by molar-refractivity contribution is 7.89. The Balaban J connectivity index is 1.62. The van der Waals surface area contributed by atoms with Crippen LogP contribution in [0.25, 0.3) is 0 Å². The standard InChI is InChI=1S/C19H19ClN2O6S/c20-13-6-7-17(23)16(10-13)19(25)28-12-18(24)21-14-4-3-5-15(11-14)29(26,27)22-8-1-2-9-22/h3-7,10-11,23H,1-2,8-9,12H2,(H,21,24). The van der Waals surface area contributed by atoms with E-state index in [0.29, 0.717) is 13.1 Å². The van der Waals surface area contributed by atoms with Crippen molar-refractivity contribution < 1.29 is 27.9 Å². The summed E-state index contributed by atoms with van der Waals surface area (Å²) < 4.78 is 31.5. The van der Waals surface area contributed by atoms with Gasteiger partial charge in [0, 0.05) is 23.8 Å². The van der Waals surface area contributed by atoms with Crippen molar-refractivity contribution in [2.45, 2.75) is 17.7 Å². The minimum absolute atomic E-state index is 0.0815. The van der Waals surface area contributed by atoms with Gasteiger partial charge in [0.1, 0.15) is 11.3 Å². The summed E-state index contributed by atoms with van der Waals surface area (Å²) in [6.45, 7) is 0.338. The molecule has 2 N–H and O–H groups in total. The number of aromatic hydroxyl groups is 1. The summed E-state index contributed by atoms with van der Waals surface area (Å²) in [5.41, 5.74) is 0.0981. The van der Waals surface area contributed by atoms with Crippen LogP contribution in [0, 0.1) is 0 Å². The SMILES string of the molecule is O=C(COC(=O)c1cc(Cl)ccc1O)Nc1cccc(S(=O)(=O)N2CCCC2)c1. The van der Waals surface area contributed by atoms with Crippen LogP contribution < -0.4 is 5.32 Å².